The highest BCUT2D eigenvalue weighted by molar-refractivity contribution is 4.83. The molecule has 86 valence electrons. The van der Waals surface area contributed by atoms with E-state index in [1.54, 1.807) is 4.68 Å². The summed E-state index contributed by atoms with van der Waals surface area (Å²) in [5, 5.41) is 15.4. The molecular formula is C8H14F2N4O. The van der Waals surface area contributed by atoms with Gasteiger partial charge in [-0.25, -0.2) is 18.4 Å². The highest BCUT2D eigenvalue weighted by atomic mass is 19.3. The second-order valence-electron chi connectivity index (χ2n) is 3.02. The van der Waals surface area contributed by atoms with Crippen molar-refractivity contribution in [2.75, 3.05) is 6.54 Å². The van der Waals surface area contributed by atoms with Crippen LogP contribution in [-0.4, -0.2) is 38.9 Å². The Balaban J connectivity index is 2.31. The second-order valence-corrected chi connectivity index (χ2v) is 3.02. The zero-order chi connectivity index (χ0) is 11.3. The van der Waals surface area contributed by atoms with E-state index < -0.39 is 12.5 Å². The molecule has 1 unspecified atom stereocenters. The molecule has 7 heteroatoms. The van der Waals surface area contributed by atoms with Crippen LogP contribution in [0.3, 0.4) is 0 Å². The minimum atomic E-state index is -2.72. The summed E-state index contributed by atoms with van der Waals surface area (Å²) in [6.07, 6.45) is -2.95. The fraction of sp³-hybridized carbons (Fsp3) is 0.750. The van der Waals surface area contributed by atoms with E-state index in [-0.39, 0.29) is 6.54 Å². The topological polar surface area (TPSA) is 63.0 Å². The van der Waals surface area contributed by atoms with Crippen LogP contribution in [0.25, 0.3) is 0 Å². The molecule has 0 spiro atoms. The molecule has 15 heavy (non-hydrogen) atoms. The summed E-state index contributed by atoms with van der Waals surface area (Å²) in [5.74, 6) is 0.666. The van der Waals surface area contributed by atoms with Gasteiger partial charge in [0.15, 0.2) is 0 Å². The van der Waals surface area contributed by atoms with E-state index in [4.69, 9.17) is 5.11 Å². The fourth-order valence-corrected chi connectivity index (χ4v) is 1.11. The van der Waals surface area contributed by atoms with Crippen LogP contribution in [0.5, 0.6) is 0 Å². The summed E-state index contributed by atoms with van der Waals surface area (Å²) in [6.45, 7) is 2.74. The third-order valence-electron chi connectivity index (χ3n) is 1.92. The largest absolute Gasteiger partial charge is 0.386 e. The molecular weight excluding hydrogens is 206 g/mol. The first-order chi connectivity index (χ1) is 7.15. The standard InChI is InChI=1S/C8H14F2N4O/c1-2-14-7(12-5-13-14)4-11-3-6(15)8(9)10/h5-6,8,11,15H,2-4H2,1H3. The fourth-order valence-electron chi connectivity index (χ4n) is 1.11. The van der Waals surface area contributed by atoms with Gasteiger partial charge in [0.2, 0.25) is 0 Å². The van der Waals surface area contributed by atoms with Crippen LogP contribution in [0.1, 0.15) is 12.7 Å². The quantitative estimate of drug-likeness (QED) is 0.709. The van der Waals surface area contributed by atoms with Gasteiger partial charge in [0, 0.05) is 13.1 Å². The number of alkyl halides is 2. The molecule has 0 aliphatic carbocycles. The lowest BCUT2D eigenvalue weighted by atomic mass is 10.3. The van der Waals surface area contributed by atoms with Crippen molar-refractivity contribution in [1.29, 1.82) is 0 Å². The minimum absolute atomic E-state index is 0.158. The summed E-state index contributed by atoms with van der Waals surface area (Å²) in [4.78, 5) is 3.95. The van der Waals surface area contributed by atoms with Crippen molar-refractivity contribution in [2.45, 2.75) is 32.5 Å². The van der Waals surface area contributed by atoms with Gasteiger partial charge < -0.3 is 10.4 Å². The van der Waals surface area contributed by atoms with Gasteiger partial charge in [0.05, 0.1) is 6.54 Å². The third kappa shape index (κ3) is 3.52. The summed E-state index contributed by atoms with van der Waals surface area (Å²) in [7, 11) is 0. The molecule has 1 heterocycles. The molecule has 0 aliphatic heterocycles. The van der Waals surface area contributed by atoms with E-state index in [1.165, 1.54) is 6.33 Å². The van der Waals surface area contributed by atoms with Crippen molar-refractivity contribution in [2.24, 2.45) is 0 Å². The molecule has 2 N–H and O–H groups in total. The summed E-state index contributed by atoms with van der Waals surface area (Å²) in [5.41, 5.74) is 0. The number of aliphatic hydroxyl groups is 1. The lowest BCUT2D eigenvalue weighted by Crippen LogP contribution is -2.32. The zero-order valence-electron chi connectivity index (χ0n) is 8.40. The molecule has 0 aliphatic rings. The average Bonchev–Trinajstić information content (AvgIpc) is 2.65. The molecule has 0 fully saturated rings. The summed E-state index contributed by atoms with van der Waals surface area (Å²) >= 11 is 0. The Labute approximate surface area is 86.1 Å². The van der Waals surface area contributed by atoms with Gasteiger partial charge in [0.25, 0.3) is 6.43 Å². The van der Waals surface area contributed by atoms with Crippen LogP contribution in [0.15, 0.2) is 6.33 Å². The Bertz CT molecular complexity index is 292. The van der Waals surface area contributed by atoms with Crippen molar-refractivity contribution >= 4 is 0 Å². The maximum atomic E-state index is 11.9. The zero-order valence-corrected chi connectivity index (χ0v) is 8.40. The van der Waals surface area contributed by atoms with Gasteiger partial charge in [-0.15, -0.1) is 0 Å². The molecule has 1 atom stereocenters. The van der Waals surface area contributed by atoms with Gasteiger partial charge in [-0.3, -0.25) is 0 Å². The first-order valence-electron chi connectivity index (χ1n) is 4.68. The summed E-state index contributed by atoms with van der Waals surface area (Å²) < 4.78 is 25.5. The Morgan fingerprint density at radius 2 is 2.33 bits per heavy atom. The van der Waals surface area contributed by atoms with Crippen LogP contribution >= 0.6 is 0 Å². The number of rotatable bonds is 6. The van der Waals surface area contributed by atoms with E-state index in [0.29, 0.717) is 18.9 Å². The number of nitrogens with one attached hydrogen (secondary N) is 1. The maximum absolute atomic E-state index is 11.9. The van der Waals surface area contributed by atoms with Gasteiger partial charge in [0.1, 0.15) is 18.3 Å². The second kappa shape index (κ2) is 5.72. The number of hydrogen-bond donors (Lipinski definition) is 2. The number of hydrogen-bond acceptors (Lipinski definition) is 4. The lowest BCUT2D eigenvalue weighted by Gasteiger charge is -2.10. The predicted molar refractivity (Wildman–Crippen MR) is 49.4 cm³/mol. The molecule has 1 aromatic rings. The average molecular weight is 220 g/mol. The van der Waals surface area contributed by atoms with E-state index in [9.17, 15) is 8.78 Å². The van der Waals surface area contributed by atoms with Crippen molar-refractivity contribution in [3.8, 4) is 0 Å². The molecule has 0 radical (unpaired) electrons. The molecule has 0 saturated heterocycles. The smallest absolute Gasteiger partial charge is 0.265 e. The SMILES string of the molecule is CCn1ncnc1CNCC(O)C(F)F. The van der Waals surface area contributed by atoms with Gasteiger partial charge in [-0.2, -0.15) is 5.10 Å². The Morgan fingerprint density at radius 3 is 2.93 bits per heavy atom. The van der Waals surface area contributed by atoms with Crippen LogP contribution in [0.2, 0.25) is 0 Å². The van der Waals surface area contributed by atoms with E-state index in [1.807, 2.05) is 6.92 Å². The molecule has 1 aromatic heterocycles. The van der Waals surface area contributed by atoms with E-state index >= 15 is 0 Å². The molecule has 0 saturated carbocycles. The first kappa shape index (κ1) is 12.0. The van der Waals surface area contributed by atoms with Crippen LogP contribution in [-0.2, 0) is 13.1 Å². The van der Waals surface area contributed by atoms with Crippen molar-refractivity contribution in [3.63, 3.8) is 0 Å². The maximum Gasteiger partial charge on any atom is 0.265 e. The van der Waals surface area contributed by atoms with Gasteiger partial charge in [-0.05, 0) is 6.92 Å². The monoisotopic (exact) mass is 220 g/mol. The Hall–Kier alpha value is -1.08. The molecule has 1 rings (SSSR count). The van der Waals surface area contributed by atoms with Crippen LogP contribution < -0.4 is 5.32 Å². The number of halogens is 2. The lowest BCUT2D eigenvalue weighted by molar-refractivity contribution is -0.00352. The van der Waals surface area contributed by atoms with Crippen molar-refractivity contribution < 1.29 is 13.9 Å². The molecule has 0 amide bonds. The summed E-state index contributed by atoms with van der Waals surface area (Å²) in [6, 6.07) is 0. The molecule has 0 bridgehead atoms. The number of aromatic nitrogens is 3. The van der Waals surface area contributed by atoms with Crippen LogP contribution in [0, 0.1) is 0 Å². The van der Waals surface area contributed by atoms with Crippen LogP contribution in [0.4, 0.5) is 8.78 Å². The predicted octanol–water partition coefficient (Wildman–Crippen LogP) is 0.0136. The van der Waals surface area contributed by atoms with Crippen molar-refractivity contribution in [3.05, 3.63) is 12.2 Å². The molecule has 0 aromatic carbocycles. The Morgan fingerprint density at radius 1 is 1.60 bits per heavy atom. The van der Waals surface area contributed by atoms with E-state index in [0.717, 1.165) is 0 Å². The number of aliphatic hydroxyl groups excluding tert-OH is 1. The van der Waals surface area contributed by atoms with E-state index in [2.05, 4.69) is 15.4 Å². The Kier molecular flexibility index (Phi) is 4.57. The normalized spacial score (nSPS) is 13.4. The number of nitrogens with zero attached hydrogens (tertiary/aromatic N) is 3. The third-order valence-corrected chi connectivity index (χ3v) is 1.92. The minimum Gasteiger partial charge on any atom is -0.386 e. The van der Waals surface area contributed by atoms with Gasteiger partial charge in [-0.1, -0.05) is 0 Å². The van der Waals surface area contributed by atoms with Gasteiger partial charge >= 0.3 is 0 Å². The number of aryl methyl sites for hydroxylation is 1. The molecule has 5 nitrogen and oxygen atoms in total. The van der Waals surface area contributed by atoms with Crippen molar-refractivity contribution in [1.82, 2.24) is 20.1 Å². The highest BCUT2D eigenvalue weighted by Crippen LogP contribution is 1.99. The highest BCUT2D eigenvalue weighted by Gasteiger charge is 2.16. The first-order valence-corrected chi connectivity index (χ1v) is 4.68.